The molecule has 0 unspecified atom stereocenters. The minimum atomic E-state index is -0.497. The Kier molecular flexibility index (Phi) is 5.89. The molecule has 0 N–H and O–H groups in total. The number of carbonyl (C=O) groups excluding carboxylic acids is 2. The highest BCUT2D eigenvalue weighted by atomic mass is 32.2. The van der Waals surface area contributed by atoms with E-state index in [9.17, 15) is 9.59 Å². The molecule has 1 aliphatic heterocycles. The Balaban J connectivity index is 1.84. The fourth-order valence-electron chi connectivity index (χ4n) is 4.53. The van der Waals surface area contributed by atoms with Crippen molar-refractivity contribution in [2.45, 2.75) is 70.0 Å². The molecule has 1 heterocycles. The third-order valence-electron chi connectivity index (χ3n) is 6.10. The number of allylic oxidation sites excluding steroid dienone is 1. The van der Waals surface area contributed by atoms with Crippen molar-refractivity contribution < 1.29 is 14.3 Å². The van der Waals surface area contributed by atoms with Gasteiger partial charge in [0.25, 0.3) is 0 Å². The van der Waals surface area contributed by atoms with Gasteiger partial charge in [-0.3, -0.25) is 9.59 Å². The number of ether oxygens (including phenoxy) is 1. The molecule has 4 atom stereocenters. The van der Waals surface area contributed by atoms with Crippen LogP contribution in [-0.2, 0) is 14.3 Å². The molecule has 0 aromatic carbocycles. The number of fused-ring (bicyclic) bond motifs is 1. The van der Waals surface area contributed by atoms with Gasteiger partial charge in [-0.05, 0) is 59.3 Å². The fourth-order valence-corrected chi connectivity index (χ4v) is 8.03. The van der Waals surface area contributed by atoms with Crippen molar-refractivity contribution in [3.8, 4) is 0 Å². The number of Topliss-reactive ketones (excluding diaryl/α,β-unsaturated/α-hetero) is 1. The zero-order chi connectivity index (χ0) is 19.1. The van der Waals surface area contributed by atoms with E-state index in [2.05, 4.69) is 37.0 Å². The van der Waals surface area contributed by atoms with Gasteiger partial charge in [-0.1, -0.05) is 12.2 Å². The molecule has 0 bridgehead atoms. The first-order chi connectivity index (χ1) is 12.1. The lowest BCUT2D eigenvalue weighted by atomic mass is 9.77. The maximum atomic E-state index is 13.0. The highest BCUT2D eigenvalue weighted by Gasteiger charge is 2.51. The van der Waals surface area contributed by atoms with Gasteiger partial charge in [0.1, 0.15) is 11.9 Å². The number of esters is 1. The minimum absolute atomic E-state index is 0.0496. The standard InChI is InChI=1S/C21H32O3S2/c1-13(2)14-10-17(22)15-6-7-18(24-19(23)20(3,4)5)16(15)12-21(11-14)25-8-9-26-21/h14-16,18H,1,6-12H2,2-5H3/t14-,15-,16-,18+/m0/s1. The zero-order valence-electron chi connectivity index (χ0n) is 16.5. The Morgan fingerprint density at radius 2 is 1.85 bits per heavy atom. The van der Waals surface area contributed by atoms with Gasteiger partial charge in [0.2, 0.25) is 0 Å². The number of ketones is 1. The van der Waals surface area contributed by atoms with Gasteiger partial charge in [-0.15, -0.1) is 23.5 Å². The molecule has 146 valence electrons. The van der Waals surface area contributed by atoms with E-state index in [1.165, 1.54) is 11.5 Å². The van der Waals surface area contributed by atoms with Crippen LogP contribution in [0.2, 0.25) is 0 Å². The SMILES string of the molecule is C=C(C)[C@H]1CC(=O)[C@H]2CC[C@@H](OC(=O)C(C)(C)C)[C@H]2CC2(C1)SCCS2. The van der Waals surface area contributed by atoms with Crippen LogP contribution in [0.1, 0.15) is 59.8 Å². The topological polar surface area (TPSA) is 43.4 Å². The fraction of sp³-hybridized carbons (Fsp3) is 0.810. The molecule has 1 spiro atoms. The van der Waals surface area contributed by atoms with Crippen LogP contribution in [-0.4, -0.2) is 33.4 Å². The van der Waals surface area contributed by atoms with Crippen molar-refractivity contribution in [1.29, 1.82) is 0 Å². The number of thioether (sulfide) groups is 2. The Hall–Kier alpha value is -0.420. The second kappa shape index (κ2) is 7.54. The van der Waals surface area contributed by atoms with Gasteiger partial charge < -0.3 is 4.74 Å². The van der Waals surface area contributed by atoms with Crippen LogP contribution in [0.25, 0.3) is 0 Å². The molecular weight excluding hydrogens is 364 g/mol. The van der Waals surface area contributed by atoms with Gasteiger partial charge in [0.05, 0.1) is 9.49 Å². The van der Waals surface area contributed by atoms with Crippen LogP contribution < -0.4 is 0 Å². The number of hydrogen-bond donors (Lipinski definition) is 0. The number of hydrogen-bond acceptors (Lipinski definition) is 5. The summed E-state index contributed by atoms with van der Waals surface area (Å²) < 4.78 is 6.10. The monoisotopic (exact) mass is 396 g/mol. The predicted octanol–water partition coefficient (Wildman–Crippen LogP) is 5.09. The van der Waals surface area contributed by atoms with E-state index < -0.39 is 5.41 Å². The smallest absolute Gasteiger partial charge is 0.311 e. The summed E-state index contributed by atoms with van der Waals surface area (Å²) in [5.74, 6) is 3.08. The van der Waals surface area contributed by atoms with Crippen LogP contribution in [0.5, 0.6) is 0 Å². The molecule has 3 nitrogen and oxygen atoms in total. The summed E-state index contributed by atoms with van der Waals surface area (Å²) in [4.78, 5) is 25.5. The molecule has 0 amide bonds. The van der Waals surface area contributed by atoms with Crippen molar-refractivity contribution in [1.82, 2.24) is 0 Å². The van der Waals surface area contributed by atoms with Crippen molar-refractivity contribution in [2.75, 3.05) is 11.5 Å². The highest BCUT2D eigenvalue weighted by Crippen LogP contribution is 2.57. The molecule has 26 heavy (non-hydrogen) atoms. The van der Waals surface area contributed by atoms with E-state index in [0.717, 1.165) is 31.3 Å². The minimum Gasteiger partial charge on any atom is -0.462 e. The summed E-state index contributed by atoms with van der Waals surface area (Å²) in [7, 11) is 0. The predicted molar refractivity (Wildman–Crippen MR) is 110 cm³/mol. The summed E-state index contributed by atoms with van der Waals surface area (Å²) in [6.07, 6.45) is 4.19. The molecule has 0 radical (unpaired) electrons. The van der Waals surface area contributed by atoms with Gasteiger partial charge >= 0.3 is 5.97 Å². The van der Waals surface area contributed by atoms with E-state index in [1.54, 1.807) is 0 Å². The summed E-state index contributed by atoms with van der Waals surface area (Å²) >= 11 is 4.11. The molecule has 3 rings (SSSR count). The summed E-state index contributed by atoms with van der Waals surface area (Å²) in [5.41, 5.74) is 0.640. The van der Waals surface area contributed by atoms with E-state index in [0.29, 0.717) is 12.2 Å². The molecule has 1 saturated heterocycles. The first kappa shape index (κ1) is 20.3. The van der Waals surface area contributed by atoms with Crippen molar-refractivity contribution >= 4 is 35.3 Å². The van der Waals surface area contributed by atoms with Crippen molar-refractivity contribution in [3.63, 3.8) is 0 Å². The van der Waals surface area contributed by atoms with E-state index in [4.69, 9.17) is 4.74 Å². The maximum absolute atomic E-state index is 13.0. The van der Waals surface area contributed by atoms with E-state index in [-0.39, 0.29) is 33.9 Å². The average molecular weight is 397 g/mol. The second-order valence-corrected chi connectivity index (χ2v) is 12.5. The summed E-state index contributed by atoms with van der Waals surface area (Å²) in [6, 6.07) is 0. The lowest BCUT2D eigenvalue weighted by molar-refractivity contribution is -0.161. The molecule has 0 aromatic heterocycles. The maximum Gasteiger partial charge on any atom is 0.311 e. The Labute approximate surface area is 166 Å². The first-order valence-electron chi connectivity index (χ1n) is 9.78. The van der Waals surface area contributed by atoms with Crippen molar-refractivity contribution in [2.24, 2.45) is 23.2 Å². The van der Waals surface area contributed by atoms with Gasteiger partial charge in [-0.2, -0.15) is 0 Å². The summed E-state index contributed by atoms with van der Waals surface area (Å²) in [6.45, 7) is 11.9. The molecule has 2 saturated carbocycles. The largest absolute Gasteiger partial charge is 0.462 e. The van der Waals surface area contributed by atoms with Crippen LogP contribution in [0.3, 0.4) is 0 Å². The first-order valence-corrected chi connectivity index (χ1v) is 11.8. The third kappa shape index (κ3) is 4.19. The zero-order valence-corrected chi connectivity index (χ0v) is 18.1. The lowest BCUT2D eigenvalue weighted by Gasteiger charge is -2.39. The second-order valence-electron chi connectivity index (χ2n) is 9.27. The summed E-state index contributed by atoms with van der Waals surface area (Å²) in [5, 5.41) is 0. The van der Waals surface area contributed by atoms with Gasteiger partial charge in [0.15, 0.2) is 0 Å². The molecule has 0 aromatic rings. The molecule has 5 heteroatoms. The lowest BCUT2D eigenvalue weighted by Crippen LogP contribution is -2.39. The normalized spacial score (nSPS) is 34.2. The molecule has 3 fully saturated rings. The van der Waals surface area contributed by atoms with Crippen LogP contribution >= 0.6 is 23.5 Å². The third-order valence-corrected chi connectivity index (χ3v) is 9.60. The quantitative estimate of drug-likeness (QED) is 0.480. The van der Waals surface area contributed by atoms with Crippen LogP contribution in [0.4, 0.5) is 0 Å². The Morgan fingerprint density at radius 3 is 2.42 bits per heavy atom. The van der Waals surface area contributed by atoms with Gasteiger partial charge in [-0.25, -0.2) is 0 Å². The van der Waals surface area contributed by atoms with Crippen LogP contribution in [0.15, 0.2) is 12.2 Å². The average Bonchev–Trinajstić information content (AvgIpc) is 3.13. The molecule has 3 aliphatic rings. The Morgan fingerprint density at radius 1 is 1.19 bits per heavy atom. The molecular formula is C21H32O3S2. The number of carbonyl (C=O) groups is 2. The van der Waals surface area contributed by atoms with Crippen molar-refractivity contribution in [3.05, 3.63) is 12.2 Å². The van der Waals surface area contributed by atoms with E-state index >= 15 is 0 Å². The van der Waals surface area contributed by atoms with Crippen LogP contribution in [0, 0.1) is 23.2 Å². The van der Waals surface area contributed by atoms with Gasteiger partial charge in [0, 0.05) is 29.8 Å². The Bertz CT molecular complexity index is 587. The van der Waals surface area contributed by atoms with E-state index in [1.807, 2.05) is 20.8 Å². The highest BCUT2D eigenvalue weighted by molar-refractivity contribution is 8.21. The number of rotatable bonds is 2. The molecule has 2 aliphatic carbocycles.